The number of hydrogen-bond donors (Lipinski definition) is 2. The molecule has 1 aliphatic heterocycles. The molecule has 1 saturated heterocycles. The third-order valence-electron chi connectivity index (χ3n) is 3.29. The summed E-state index contributed by atoms with van der Waals surface area (Å²) in [7, 11) is 1.82. The van der Waals surface area contributed by atoms with Crippen molar-refractivity contribution in [2.24, 2.45) is 0 Å². The van der Waals surface area contributed by atoms with Crippen LogP contribution in [-0.4, -0.2) is 36.7 Å². The standard InChI is InChI=1S/C13H19N3O2/c1-13(4-7-18-8-5-13)16-12(17)11-9-10(14-2)3-6-15-11/h3,6,9H,4-5,7-8H2,1-2H3,(H,14,15)(H,16,17). The van der Waals surface area contributed by atoms with Crippen molar-refractivity contribution in [3.63, 3.8) is 0 Å². The Bertz CT molecular complexity index is 428. The third-order valence-corrected chi connectivity index (χ3v) is 3.29. The molecule has 0 unspecified atom stereocenters. The summed E-state index contributed by atoms with van der Waals surface area (Å²) in [4.78, 5) is 16.2. The van der Waals surface area contributed by atoms with Gasteiger partial charge in [0, 0.05) is 37.7 Å². The summed E-state index contributed by atoms with van der Waals surface area (Å²) in [5, 5.41) is 6.05. The molecular weight excluding hydrogens is 230 g/mol. The van der Waals surface area contributed by atoms with Crippen molar-refractivity contribution in [2.45, 2.75) is 25.3 Å². The van der Waals surface area contributed by atoms with Crippen LogP contribution in [0, 0.1) is 0 Å². The van der Waals surface area contributed by atoms with Gasteiger partial charge in [0.25, 0.3) is 5.91 Å². The number of hydrogen-bond acceptors (Lipinski definition) is 4. The molecule has 1 aliphatic rings. The first-order valence-corrected chi connectivity index (χ1v) is 6.17. The minimum atomic E-state index is -0.188. The first-order chi connectivity index (χ1) is 8.63. The van der Waals surface area contributed by atoms with E-state index in [2.05, 4.69) is 22.5 Å². The maximum absolute atomic E-state index is 12.1. The van der Waals surface area contributed by atoms with Gasteiger partial charge in [0.15, 0.2) is 0 Å². The highest BCUT2D eigenvalue weighted by Gasteiger charge is 2.29. The largest absolute Gasteiger partial charge is 0.388 e. The average Bonchev–Trinajstić information content (AvgIpc) is 2.39. The second-order valence-electron chi connectivity index (χ2n) is 4.81. The van der Waals surface area contributed by atoms with Gasteiger partial charge in [0.1, 0.15) is 5.69 Å². The molecule has 0 aromatic carbocycles. The minimum Gasteiger partial charge on any atom is -0.388 e. The molecule has 1 aromatic rings. The Morgan fingerprint density at radius 2 is 2.17 bits per heavy atom. The van der Waals surface area contributed by atoms with Crippen molar-refractivity contribution in [1.29, 1.82) is 0 Å². The second kappa shape index (κ2) is 5.35. The van der Waals surface area contributed by atoms with Crippen molar-refractivity contribution < 1.29 is 9.53 Å². The second-order valence-corrected chi connectivity index (χ2v) is 4.81. The summed E-state index contributed by atoms with van der Waals surface area (Å²) in [6.45, 7) is 3.44. The minimum absolute atomic E-state index is 0.128. The molecule has 0 spiro atoms. The van der Waals surface area contributed by atoms with Crippen molar-refractivity contribution in [3.8, 4) is 0 Å². The molecule has 0 saturated carbocycles. The van der Waals surface area contributed by atoms with E-state index in [4.69, 9.17) is 4.74 Å². The normalized spacial score (nSPS) is 18.1. The van der Waals surface area contributed by atoms with Gasteiger partial charge in [0.2, 0.25) is 0 Å². The zero-order valence-electron chi connectivity index (χ0n) is 10.8. The molecule has 98 valence electrons. The molecule has 1 amide bonds. The van der Waals surface area contributed by atoms with E-state index in [1.54, 1.807) is 12.3 Å². The van der Waals surface area contributed by atoms with Gasteiger partial charge >= 0.3 is 0 Å². The number of rotatable bonds is 3. The van der Waals surface area contributed by atoms with Gasteiger partial charge in [-0.05, 0) is 31.9 Å². The Hall–Kier alpha value is -1.62. The molecule has 2 rings (SSSR count). The van der Waals surface area contributed by atoms with Gasteiger partial charge < -0.3 is 15.4 Å². The van der Waals surface area contributed by atoms with E-state index < -0.39 is 0 Å². The molecule has 2 N–H and O–H groups in total. The highest BCUT2D eigenvalue weighted by Crippen LogP contribution is 2.20. The fourth-order valence-electron chi connectivity index (χ4n) is 2.00. The lowest BCUT2D eigenvalue weighted by atomic mass is 9.92. The molecular formula is C13H19N3O2. The summed E-state index contributed by atoms with van der Waals surface area (Å²) in [6, 6.07) is 3.57. The summed E-state index contributed by atoms with van der Waals surface area (Å²) < 4.78 is 5.31. The highest BCUT2D eigenvalue weighted by molar-refractivity contribution is 5.93. The van der Waals surface area contributed by atoms with Crippen molar-refractivity contribution in [3.05, 3.63) is 24.0 Å². The van der Waals surface area contributed by atoms with Crippen molar-refractivity contribution in [2.75, 3.05) is 25.6 Å². The smallest absolute Gasteiger partial charge is 0.270 e. The topological polar surface area (TPSA) is 63.2 Å². The molecule has 2 heterocycles. The fraction of sp³-hybridized carbons (Fsp3) is 0.538. The van der Waals surface area contributed by atoms with E-state index in [1.165, 1.54) is 0 Å². The Balaban J connectivity index is 2.06. The van der Waals surface area contributed by atoms with Gasteiger partial charge in [-0.15, -0.1) is 0 Å². The van der Waals surface area contributed by atoms with Crippen LogP contribution >= 0.6 is 0 Å². The number of nitrogens with zero attached hydrogens (tertiary/aromatic N) is 1. The van der Waals surface area contributed by atoms with Crippen LogP contribution in [0.5, 0.6) is 0 Å². The van der Waals surface area contributed by atoms with Crippen molar-refractivity contribution >= 4 is 11.6 Å². The van der Waals surface area contributed by atoms with E-state index in [0.29, 0.717) is 18.9 Å². The number of carbonyl (C=O) groups is 1. The number of carbonyl (C=O) groups excluding carboxylic acids is 1. The molecule has 1 fully saturated rings. The van der Waals surface area contributed by atoms with Crippen LogP contribution in [0.2, 0.25) is 0 Å². The van der Waals surface area contributed by atoms with E-state index in [0.717, 1.165) is 18.5 Å². The van der Waals surface area contributed by atoms with E-state index in [9.17, 15) is 4.79 Å². The quantitative estimate of drug-likeness (QED) is 0.850. The van der Waals surface area contributed by atoms with Gasteiger partial charge in [0.05, 0.1) is 0 Å². The number of nitrogens with one attached hydrogen (secondary N) is 2. The maximum Gasteiger partial charge on any atom is 0.270 e. The highest BCUT2D eigenvalue weighted by atomic mass is 16.5. The van der Waals surface area contributed by atoms with Crippen LogP contribution in [-0.2, 0) is 4.74 Å². The van der Waals surface area contributed by atoms with Crippen LogP contribution in [0.3, 0.4) is 0 Å². The number of aromatic nitrogens is 1. The Kier molecular flexibility index (Phi) is 3.81. The Morgan fingerprint density at radius 1 is 1.44 bits per heavy atom. The van der Waals surface area contributed by atoms with E-state index in [1.807, 2.05) is 13.1 Å². The van der Waals surface area contributed by atoms with Gasteiger partial charge in [-0.25, -0.2) is 0 Å². The molecule has 5 heteroatoms. The number of pyridine rings is 1. The molecule has 0 aliphatic carbocycles. The lowest BCUT2D eigenvalue weighted by Crippen LogP contribution is -2.49. The van der Waals surface area contributed by atoms with Crippen LogP contribution in [0.25, 0.3) is 0 Å². The maximum atomic E-state index is 12.1. The molecule has 0 bridgehead atoms. The first kappa shape index (κ1) is 12.8. The van der Waals surface area contributed by atoms with Crippen LogP contribution in [0.1, 0.15) is 30.3 Å². The predicted molar refractivity (Wildman–Crippen MR) is 69.7 cm³/mol. The zero-order valence-corrected chi connectivity index (χ0v) is 10.8. The van der Waals surface area contributed by atoms with Gasteiger partial charge in [-0.1, -0.05) is 0 Å². The lowest BCUT2D eigenvalue weighted by molar-refractivity contribution is 0.0421. The van der Waals surface area contributed by atoms with Gasteiger partial charge in [-0.3, -0.25) is 9.78 Å². The summed E-state index contributed by atoms with van der Waals surface area (Å²) >= 11 is 0. The number of amides is 1. The third kappa shape index (κ3) is 2.98. The lowest BCUT2D eigenvalue weighted by Gasteiger charge is -2.34. The zero-order chi connectivity index (χ0) is 13.0. The monoisotopic (exact) mass is 249 g/mol. The predicted octanol–water partition coefficient (Wildman–Crippen LogP) is 1.42. The Labute approximate surface area is 107 Å². The number of anilines is 1. The van der Waals surface area contributed by atoms with Gasteiger partial charge in [-0.2, -0.15) is 0 Å². The summed E-state index contributed by atoms with van der Waals surface area (Å²) in [6.07, 6.45) is 3.31. The van der Waals surface area contributed by atoms with E-state index >= 15 is 0 Å². The number of ether oxygens (including phenoxy) is 1. The average molecular weight is 249 g/mol. The molecule has 0 radical (unpaired) electrons. The molecule has 0 atom stereocenters. The molecule has 18 heavy (non-hydrogen) atoms. The van der Waals surface area contributed by atoms with Crippen LogP contribution in [0.15, 0.2) is 18.3 Å². The summed E-state index contributed by atoms with van der Waals surface area (Å²) in [5.74, 6) is -0.128. The van der Waals surface area contributed by atoms with Crippen LogP contribution in [0.4, 0.5) is 5.69 Å². The molecule has 1 aromatic heterocycles. The molecule has 5 nitrogen and oxygen atoms in total. The van der Waals surface area contributed by atoms with Crippen LogP contribution < -0.4 is 10.6 Å². The first-order valence-electron chi connectivity index (χ1n) is 6.17. The Morgan fingerprint density at radius 3 is 2.83 bits per heavy atom. The summed E-state index contributed by atoms with van der Waals surface area (Å²) in [5.41, 5.74) is 1.13. The SMILES string of the molecule is CNc1ccnc(C(=O)NC2(C)CCOCC2)c1. The fourth-order valence-corrected chi connectivity index (χ4v) is 2.00. The van der Waals surface area contributed by atoms with E-state index in [-0.39, 0.29) is 11.4 Å². The van der Waals surface area contributed by atoms with Crippen molar-refractivity contribution in [1.82, 2.24) is 10.3 Å².